The van der Waals surface area contributed by atoms with Crippen molar-refractivity contribution in [2.75, 3.05) is 13.1 Å². The molecule has 2 rings (SSSR count). The Morgan fingerprint density at radius 1 is 1.17 bits per heavy atom. The second kappa shape index (κ2) is 4.25. The Kier molecular flexibility index (Phi) is 3.16. The molecule has 0 spiro atoms. The van der Waals surface area contributed by atoms with Crippen molar-refractivity contribution in [3.63, 3.8) is 0 Å². The number of hydrogen-bond donors (Lipinski definition) is 0. The van der Waals surface area contributed by atoms with Gasteiger partial charge in [0, 0.05) is 30.4 Å². The number of aliphatic carboxylic acids is 1. The van der Waals surface area contributed by atoms with Crippen LogP contribution in [-0.4, -0.2) is 29.9 Å². The van der Waals surface area contributed by atoms with Gasteiger partial charge in [-0.2, -0.15) is 0 Å². The quantitative estimate of drug-likeness (QED) is 0.730. The molecule has 2 atom stereocenters. The van der Waals surface area contributed by atoms with Gasteiger partial charge < -0.3 is 14.8 Å². The van der Waals surface area contributed by atoms with Gasteiger partial charge in [0.15, 0.2) is 0 Å². The Balaban J connectivity index is 2.21. The van der Waals surface area contributed by atoms with E-state index in [0.717, 1.165) is 25.9 Å². The topological polar surface area (TPSA) is 60.4 Å². The van der Waals surface area contributed by atoms with E-state index in [1.807, 2.05) is 18.7 Å². The van der Waals surface area contributed by atoms with Crippen LogP contribution < -0.4 is 5.11 Å². The predicted octanol–water partition coefficient (Wildman–Crippen LogP) is 0.801. The van der Waals surface area contributed by atoms with Crippen molar-refractivity contribution >= 4 is 11.9 Å². The average molecular weight is 252 g/mol. The fourth-order valence-corrected chi connectivity index (χ4v) is 3.46. The molecule has 0 aromatic heterocycles. The SMILES string of the molecule is CC1(C)[C@H](C(=O)N2CCCC2)CC[C@]1(C)C(=O)[O-]. The van der Waals surface area contributed by atoms with Crippen LogP contribution in [-0.2, 0) is 9.59 Å². The Hall–Kier alpha value is -1.06. The highest BCUT2D eigenvalue weighted by Crippen LogP contribution is 2.56. The van der Waals surface area contributed by atoms with Gasteiger partial charge in [0.05, 0.1) is 0 Å². The Bertz CT molecular complexity index is 371. The van der Waals surface area contributed by atoms with E-state index in [9.17, 15) is 14.7 Å². The highest BCUT2D eigenvalue weighted by atomic mass is 16.4. The zero-order chi connectivity index (χ0) is 13.6. The second-order valence-electron chi connectivity index (χ2n) is 6.46. The first-order valence-electron chi connectivity index (χ1n) is 6.81. The summed E-state index contributed by atoms with van der Waals surface area (Å²) in [6, 6.07) is 0. The van der Waals surface area contributed by atoms with Gasteiger partial charge in [-0.3, -0.25) is 4.79 Å². The molecule has 1 saturated heterocycles. The van der Waals surface area contributed by atoms with Crippen molar-refractivity contribution in [3.05, 3.63) is 0 Å². The van der Waals surface area contributed by atoms with Crippen LogP contribution >= 0.6 is 0 Å². The summed E-state index contributed by atoms with van der Waals surface area (Å²) in [5, 5.41) is 11.4. The van der Waals surface area contributed by atoms with Gasteiger partial charge >= 0.3 is 0 Å². The van der Waals surface area contributed by atoms with Gasteiger partial charge in [-0.05, 0) is 31.1 Å². The molecule has 0 N–H and O–H groups in total. The minimum Gasteiger partial charge on any atom is -0.550 e. The van der Waals surface area contributed by atoms with Crippen molar-refractivity contribution in [1.82, 2.24) is 4.90 Å². The summed E-state index contributed by atoms with van der Waals surface area (Å²) in [4.78, 5) is 25.8. The summed E-state index contributed by atoms with van der Waals surface area (Å²) >= 11 is 0. The molecule has 1 amide bonds. The largest absolute Gasteiger partial charge is 0.550 e. The van der Waals surface area contributed by atoms with Crippen LogP contribution in [0.15, 0.2) is 0 Å². The zero-order valence-corrected chi connectivity index (χ0v) is 11.5. The highest BCUT2D eigenvalue weighted by molar-refractivity contribution is 5.83. The van der Waals surface area contributed by atoms with Crippen LogP contribution in [0.25, 0.3) is 0 Å². The lowest BCUT2D eigenvalue weighted by Crippen LogP contribution is -2.50. The van der Waals surface area contributed by atoms with E-state index in [1.54, 1.807) is 6.92 Å². The lowest BCUT2D eigenvalue weighted by atomic mass is 9.65. The standard InChI is InChI=1S/C14H23NO3/c1-13(2)10(6-7-14(13,3)12(17)18)11(16)15-8-4-5-9-15/h10H,4-9H2,1-3H3,(H,17,18)/p-1/t10-,14+/m0/s1. The maximum absolute atomic E-state index is 12.5. The van der Waals surface area contributed by atoms with Gasteiger partial charge in [0.2, 0.25) is 5.91 Å². The Morgan fingerprint density at radius 3 is 2.17 bits per heavy atom. The number of carbonyl (C=O) groups excluding carboxylic acids is 2. The summed E-state index contributed by atoms with van der Waals surface area (Å²) in [7, 11) is 0. The highest BCUT2D eigenvalue weighted by Gasteiger charge is 2.55. The molecule has 2 aliphatic rings. The van der Waals surface area contributed by atoms with E-state index in [-0.39, 0.29) is 11.8 Å². The van der Waals surface area contributed by atoms with Crippen molar-refractivity contribution in [2.45, 2.75) is 46.5 Å². The molecule has 1 aliphatic heterocycles. The number of carboxylic acid groups (broad SMARTS) is 1. The molecule has 1 saturated carbocycles. The molecule has 2 fully saturated rings. The zero-order valence-electron chi connectivity index (χ0n) is 11.5. The first kappa shape index (κ1) is 13.4. The molecule has 0 radical (unpaired) electrons. The molecule has 1 heterocycles. The summed E-state index contributed by atoms with van der Waals surface area (Å²) in [6.45, 7) is 7.17. The lowest BCUT2D eigenvalue weighted by Gasteiger charge is -2.42. The fraction of sp³-hybridized carbons (Fsp3) is 0.857. The molecule has 0 bridgehead atoms. The fourth-order valence-electron chi connectivity index (χ4n) is 3.46. The molecule has 18 heavy (non-hydrogen) atoms. The third-order valence-corrected chi connectivity index (χ3v) is 5.39. The molecular formula is C14H22NO3-. The lowest BCUT2D eigenvalue weighted by molar-refractivity contribution is -0.323. The number of rotatable bonds is 2. The maximum atomic E-state index is 12.5. The molecule has 0 aromatic rings. The summed E-state index contributed by atoms with van der Waals surface area (Å²) in [5.74, 6) is -1.06. The first-order valence-corrected chi connectivity index (χ1v) is 6.81. The third-order valence-electron chi connectivity index (χ3n) is 5.39. The van der Waals surface area contributed by atoms with Crippen LogP contribution in [0.5, 0.6) is 0 Å². The third kappa shape index (κ3) is 1.73. The monoisotopic (exact) mass is 252 g/mol. The summed E-state index contributed by atoms with van der Waals surface area (Å²) in [5.41, 5.74) is -1.43. The smallest absolute Gasteiger partial charge is 0.226 e. The number of nitrogens with zero attached hydrogens (tertiary/aromatic N) is 1. The number of carboxylic acids is 1. The molecule has 0 aromatic carbocycles. The van der Waals surface area contributed by atoms with Gasteiger partial charge in [0.25, 0.3) is 0 Å². The normalized spacial score (nSPS) is 34.8. The molecule has 1 aliphatic carbocycles. The molecule has 102 valence electrons. The van der Waals surface area contributed by atoms with E-state index < -0.39 is 16.8 Å². The van der Waals surface area contributed by atoms with E-state index in [1.165, 1.54) is 0 Å². The minimum absolute atomic E-state index is 0.141. The molecular weight excluding hydrogens is 230 g/mol. The van der Waals surface area contributed by atoms with Gasteiger partial charge in [-0.15, -0.1) is 0 Å². The number of likely N-dealkylation sites (tertiary alicyclic amines) is 1. The number of amides is 1. The summed E-state index contributed by atoms with van der Waals surface area (Å²) < 4.78 is 0. The van der Waals surface area contributed by atoms with Crippen LogP contribution in [0, 0.1) is 16.7 Å². The van der Waals surface area contributed by atoms with Gasteiger partial charge in [-0.1, -0.05) is 20.8 Å². The van der Waals surface area contributed by atoms with Crippen LogP contribution in [0.4, 0.5) is 0 Å². The van der Waals surface area contributed by atoms with Crippen molar-refractivity contribution in [1.29, 1.82) is 0 Å². The minimum atomic E-state index is -1.02. The Morgan fingerprint density at radius 2 is 1.72 bits per heavy atom. The van der Waals surface area contributed by atoms with Crippen molar-refractivity contribution in [3.8, 4) is 0 Å². The predicted molar refractivity (Wildman–Crippen MR) is 65.4 cm³/mol. The van der Waals surface area contributed by atoms with Crippen molar-refractivity contribution in [2.24, 2.45) is 16.7 Å². The van der Waals surface area contributed by atoms with Crippen LogP contribution in [0.2, 0.25) is 0 Å². The van der Waals surface area contributed by atoms with E-state index in [4.69, 9.17) is 0 Å². The van der Waals surface area contributed by atoms with Gasteiger partial charge in [-0.25, -0.2) is 0 Å². The average Bonchev–Trinajstić information content (AvgIpc) is 2.87. The van der Waals surface area contributed by atoms with E-state index in [2.05, 4.69) is 0 Å². The van der Waals surface area contributed by atoms with Crippen molar-refractivity contribution < 1.29 is 14.7 Å². The molecule has 0 unspecified atom stereocenters. The first-order chi connectivity index (χ1) is 8.30. The van der Waals surface area contributed by atoms with Crippen LogP contribution in [0.3, 0.4) is 0 Å². The molecule has 4 nitrogen and oxygen atoms in total. The number of carbonyl (C=O) groups is 2. The number of hydrogen-bond acceptors (Lipinski definition) is 3. The second-order valence-corrected chi connectivity index (χ2v) is 6.46. The molecule has 4 heteroatoms. The van der Waals surface area contributed by atoms with Gasteiger partial charge in [0.1, 0.15) is 0 Å². The maximum Gasteiger partial charge on any atom is 0.226 e. The van der Waals surface area contributed by atoms with E-state index in [0.29, 0.717) is 12.8 Å². The van der Waals surface area contributed by atoms with Crippen LogP contribution in [0.1, 0.15) is 46.5 Å². The summed E-state index contributed by atoms with van der Waals surface area (Å²) in [6.07, 6.45) is 3.33. The Labute approximate surface area is 108 Å². The van der Waals surface area contributed by atoms with E-state index >= 15 is 0 Å².